The summed E-state index contributed by atoms with van der Waals surface area (Å²) in [5.41, 5.74) is 0.305. The second-order valence-electron chi connectivity index (χ2n) is 2.22. The number of hydrogen-bond donors (Lipinski definition) is 1. The van der Waals surface area contributed by atoms with Gasteiger partial charge < -0.3 is 9.84 Å². The van der Waals surface area contributed by atoms with E-state index in [0.717, 1.165) is 6.42 Å². The SMILES string of the molecule is C=CCCNC(=O)c1ccon1. The molecular formula is C8H10N2O2. The van der Waals surface area contributed by atoms with Crippen LogP contribution in [0.1, 0.15) is 16.9 Å². The van der Waals surface area contributed by atoms with Crippen molar-refractivity contribution in [3.63, 3.8) is 0 Å². The van der Waals surface area contributed by atoms with Gasteiger partial charge in [-0.2, -0.15) is 0 Å². The summed E-state index contributed by atoms with van der Waals surface area (Å²) >= 11 is 0. The molecule has 0 radical (unpaired) electrons. The molecule has 1 amide bonds. The second-order valence-corrected chi connectivity index (χ2v) is 2.22. The van der Waals surface area contributed by atoms with Crippen LogP contribution in [-0.4, -0.2) is 17.6 Å². The van der Waals surface area contributed by atoms with Gasteiger partial charge in [-0.15, -0.1) is 6.58 Å². The maximum atomic E-state index is 11.1. The molecule has 1 N–H and O–H groups in total. The molecule has 0 bridgehead atoms. The lowest BCUT2D eigenvalue weighted by Crippen LogP contribution is -2.24. The molecule has 0 fully saturated rings. The van der Waals surface area contributed by atoms with Crippen LogP contribution >= 0.6 is 0 Å². The first-order chi connectivity index (χ1) is 5.84. The van der Waals surface area contributed by atoms with Crippen molar-refractivity contribution in [1.29, 1.82) is 0 Å². The standard InChI is InChI=1S/C8H10N2O2/c1-2-3-5-9-8(11)7-4-6-12-10-7/h2,4,6H,1,3,5H2,(H,9,11). The zero-order valence-electron chi connectivity index (χ0n) is 6.62. The number of amides is 1. The molecule has 4 heteroatoms. The van der Waals surface area contributed by atoms with E-state index >= 15 is 0 Å². The normalized spacial score (nSPS) is 9.33. The largest absolute Gasteiger partial charge is 0.364 e. The molecule has 1 aromatic rings. The van der Waals surface area contributed by atoms with Crippen molar-refractivity contribution in [2.45, 2.75) is 6.42 Å². The van der Waals surface area contributed by atoms with Crippen LogP contribution in [0.3, 0.4) is 0 Å². The average Bonchev–Trinajstić information content (AvgIpc) is 2.56. The van der Waals surface area contributed by atoms with Gasteiger partial charge in [0, 0.05) is 12.6 Å². The summed E-state index contributed by atoms with van der Waals surface area (Å²) < 4.78 is 4.51. The Balaban J connectivity index is 2.34. The van der Waals surface area contributed by atoms with Gasteiger partial charge in [0.05, 0.1) is 0 Å². The third-order valence-electron chi connectivity index (χ3n) is 1.30. The maximum absolute atomic E-state index is 11.1. The van der Waals surface area contributed by atoms with Crippen molar-refractivity contribution in [2.24, 2.45) is 0 Å². The molecule has 0 saturated heterocycles. The average molecular weight is 166 g/mol. The number of carbonyl (C=O) groups is 1. The molecule has 12 heavy (non-hydrogen) atoms. The molecule has 0 aliphatic carbocycles. The van der Waals surface area contributed by atoms with Gasteiger partial charge in [-0.05, 0) is 6.42 Å². The summed E-state index contributed by atoms with van der Waals surface area (Å²) in [5.74, 6) is -0.217. The van der Waals surface area contributed by atoms with Crippen LogP contribution in [-0.2, 0) is 0 Å². The molecular weight excluding hydrogens is 156 g/mol. The van der Waals surface area contributed by atoms with Gasteiger partial charge in [0.1, 0.15) is 6.26 Å². The second kappa shape index (κ2) is 4.33. The van der Waals surface area contributed by atoms with Gasteiger partial charge >= 0.3 is 0 Å². The smallest absolute Gasteiger partial charge is 0.273 e. The molecule has 1 rings (SSSR count). The van der Waals surface area contributed by atoms with Gasteiger partial charge in [-0.3, -0.25) is 4.79 Å². The molecule has 0 saturated carbocycles. The third kappa shape index (κ3) is 2.23. The third-order valence-corrected chi connectivity index (χ3v) is 1.30. The summed E-state index contributed by atoms with van der Waals surface area (Å²) in [4.78, 5) is 11.1. The maximum Gasteiger partial charge on any atom is 0.273 e. The Morgan fingerprint density at radius 1 is 1.83 bits per heavy atom. The topological polar surface area (TPSA) is 55.1 Å². The Morgan fingerprint density at radius 3 is 3.25 bits per heavy atom. The first-order valence-corrected chi connectivity index (χ1v) is 3.64. The minimum Gasteiger partial charge on any atom is -0.364 e. The van der Waals surface area contributed by atoms with Gasteiger partial charge in [0.15, 0.2) is 5.69 Å². The van der Waals surface area contributed by atoms with Crippen molar-refractivity contribution in [2.75, 3.05) is 6.54 Å². The highest BCUT2D eigenvalue weighted by molar-refractivity contribution is 5.91. The van der Waals surface area contributed by atoms with Crippen LogP contribution in [0.25, 0.3) is 0 Å². The fourth-order valence-electron chi connectivity index (χ4n) is 0.708. The summed E-state index contributed by atoms with van der Waals surface area (Å²) in [6, 6.07) is 1.52. The van der Waals surface area contributed by atoms with Crippen molar-refractivity contribution in [1.82, 2.24) is 10.5 Å². The van der Waals surface area contributed by atoms with Gasteiger partial charge in [0.25, 0.3) is 5.91 Å². The molecule has 0 aromatic carbocycles. The fourth-order valence-corrected chi connectivity index (χ4v) is 0.708. The highest BCUT2D eigenvalue weighted by Gasteiger charge is 2.06. The van der Waals surface area contributed by atoms with Crippen molar-refractivity contribution in [3.05, 3.63) is 30.7 Å². The zero-order chi connectivity index (χ0) is 8.81. The molecule has 0 atom stereocenters. The lowest BCUT2D eigenvalue weighted by Gasteiger charge is -1.97. The molecule has 4 nitrogen and oxygen atoms in total. The molecule has 0 aliphatic heterocycles. The van der Waals surface area contributed by atoms with E-state index in [1.807, 2.05) is 0 Å². The Bertz CT molecular complexity index is 254. The summed E-state index contributed by atoms with van der Waals surface area (Å²) in [6.07, 6.45) is 3.86. The van der Waals surface area contributed by atoms with E-state index in [0.29, 0.717) is 12.2 Å². The molecule has 0 unspecified atom stereocenters. The van der Waals surface area contributed by atoms with E-state index in [2.05, 4.69) is 21.6 Å². The Labute approximate surface area is 70.2 Å². The van der Waals surface area contributed by atoms with E-state index in [-0.39, 0.29) is 5.91 Å². The lowest BCUT2D eigenvalue weighted by atomic mass is 10.4. The number of nitrogens with one attached hydrogen (secondary N) is 1. The molecule has 0 aliphatic rings. The van der Waals surface area contributed by atoms with Crippen LogP contribution in [0.4, 0.5) is 0 Å². The van der Waals surface area contributed by atoms with E-state index in [1.54, 1.807) is 6.08 Å². The number of rotatable bonds is 4. The minimum atomic E-state index is -0.217. The van der Waals surface area contributed by atoms with E-state index in [1.165, 1.54) is 12.3 Å². The van der Waals surface area contributed by atoms with Gasteiger partial charge in [-0.1, -0.05) is 11.2 Å². The molecule has 1 aromatic heterocycles. The zero-order valence-corrected chi connectivity index (χ0v) is 6.62. The number of aromatic nitrogens is 1. The monoisotopic (exact) mass is 166 g/mol. The lowest BCUT2D eigenvalue weighted by molar-refractivity contribution is 0.0945. The number of nitrogens with zero attached hydrogens (tertiary/aromatic N) is 1. The van der Waals surface area contributed by atoms with Crippen LogP contribution in [0.15, 0.2) is 29.5 Å². The Morgan fingerprint density at radius 2 is 2.67 bits per heavy atom. The van der Waals surface area contributed by atoms with E-state index in [9.17, 15) is 4.79 Å². The van der Waals surface area contributed by atoms with E-state index in [4.69, 9.17) is 0 Å². The van der Waals surface area contributed by atoms with Crippen LogP contribution in [0.5, 0.6) is 0 Å². The molecule has 64 valence electrons. The van der Waals surface area contributed by atoms with Crippen LogP contribution in [0.2, 0.25) is 0 Å². The number of hydrogen-bond acceptors (Lipinski definition) is 3. The highest BCUT2D eigenvalue weighted by atomic mass is 16.5. The predicted octanol–water partition coefficient (Wildman–Crippen LogP) is 0.980. The highest BCUT2D eigenvalue weighted by Crippen LogP contribution is 1.93. The predicted molar refractivity (Wildman–Crippen MR) is 43.7 cm³/mol. The molecule has 0 spiro atoms. The summed E-state index contributed by atoms with van der Waals surface area (Å²) in [5, 5.41) is 6.14. The first kappa shape index (κ1) is 8.52. The van der Waals surface area contributed by atoms with Gasteiger partial charge in [-0.25, -0.2) is 0 Å². The molecule has 1 heterocycles. The fraction of sp³-hybridized carbons (Fsp3) is 0.250. The van der Waals surface area contributed by atoms with Crippen LogP contribution < -0.4 is 5.32 Å². The van der Waals surface area contributed by atoms with Crippen molar-refractivity contribution < 1.29 is 9.32 Å². The number of carbonyl (C=O) groups excluding carboxylic acids is 1. The van der Waals surface area contributed by atoms with Crippen molar-refractivity contribution >= 4 is 5.91 Å². The van der Waals surface area contributed by atoms with E-state index < -0.39 is 0 Å². The first-order valence-electron chi connectivity index (χ1n) is 3.64. The Kier molecular flexibility index (Phi) is 3.07. The Hall–Kier alpha value is -1.58. The summed E-state index contributed by atoms with van der Waals surface area (Å²) in [7, 11) is 0. The van der Waals surface area contributed by atoms with Crippen molar-refractivity contribution in [3.8, 4) is 0 Å². The minimum absolute atomic E-state index is 0.217. The summed E-state index contributed by atoms with van der Waals surface area (Å²) in [6.45, 7) is 4.11. The van der Waals surface area contributed by atoms with Crippen LogP contribution in [0, 0.1) is 0 Å². The quantitative estimate of drug-likeness (QED) is 0.535. The van der Waals surface area contributed by atoms with Gasteiger partial charge in [0.2, 0.25) is 0 Å².